The number of halogens is 1. The maximum Gasteiger partial charge on any atom is 0.342 e. The molecule has 1 aromatic rings. The molecule has 11 rings (SSSR count). The summed E-state index contributed by atoms with van der Waals surface area (Å²) in [6.45, 7) is 9.90. The number of cyclic esters (lactones) is 1. The minimum atomic E-state index is -1.28. The van der Waals surface area contributed by atoms with E-state index in [1.54, 1.807) is 32.1 Å². The molecule has 5 aliphatic heterocycles. The average Bonchev–Trinajstić information content (AvgIpc) is 4.13. The third-order valence-electron chi connectivity index (χ3n) is 19.4. The zero-order valence-electron chi connectivity index (χ0n) is 45.2. The van der Waals surface area contributed by atoms with Crippen LogP contribution in [0, 0.1) is 34.5 Å². The Morgan fingerprint density at radius 3 is 1.99 bits per heavy atom. The lowest BCUT2D eigenvalue weighted by Crippen LogP contribution is -3.00. The number of carboxylic acid groups (broad SMARTS) is 1. The number of nitrogens with zero attached hydrogens (tertiary/aromatic N) is 1. The number of hydrogen-bond donors (Lipinski definition) is 8. The summed E-state index contributed by atoms with van der Waals surface area (Å²) in [4.78, 5) is 39.7. The topological polar surface area (TPSA) is 308 Å². The number of aliphatic hydroxyl groups excluding tert-OH is 5. The molecule has 21 atom stereocenters. The van der Waals surface area contributed by atoms with Crippen LogP contribution in [-0.4, -0.2) is 165 Å². The minimum Gasteiger partial charge on any atom is -1.00 e. The predicted molar refractivity (Wildman–Crippen MR) is 271 cm³/mol. The molecule has 0 bridgehead atoms. The van der Waals surface area contributed by atoms with Crippen molar-refractivity contribution in [1.82, 2.24) is 0 Å². The molecule has 0 unspecified atom stereocenters. The molecule has 5 heterocycles. The Hall–Kier alpha value is -4.07. The number of H-pyrrole nitrogens is 1. The minimum absolute atomic E-state index is 0. The Bertz CT molecular complexity index is 2710. The predicted octanol–water partition coefficient (Wildman–Crippen LogP) is 0.404. The van der Waals surface area contributed by atoms with Crippen molar-refractivity contribution in [3.63, 3.8) is 0 Å². The number of ether oxygens (including phenoxy) is 7. The van der Waals surface area contributed by atoms with Crippen LogP contribution in [0.4, 0.5) is 5.69 Å². The molecule has 0 spiro atoms. The van der Waals surface area contributed by atoms with Crippen molar-refractivity contribution >= 4 is 28.7 Å². The standard InChI is InChI=1S/C41H64O14.C15H12N2O5.ClH/c1-19-36(47)28(42)15-34(50-19)54-38-21(3)52-35(17-30(38)44)55-37-20(2)51-33(16-29(37)43)53-24-8-10-39(4)23(13-24)6-7-26-27(39)14-31(45)40(5)25(9-11-41(26,40)48)22-12-32(46)49-18-22;1-17(2)7-3-4-9-11(5-7)22-14-12(16-9)8(15(20)21)6-10(18)13(14)19;/h12,19-21,23-31,33-38,42-45,47-48H,6-11,13-18H2,1-5H3;3-6,19H,1-2H3,(H,20,21);1H/t19-,20-,21-,23-,24+,25-,26-,27+,28+,29+,30+,31-,33+,34+,35+,36-,37-,38-,39+,40+,41+;;/m1../s1. The summed E-state index contributed by atoms with van der Waals surface area (Å²) in [5.41, 5.74) is -0.0632. The van der Waals surface area contributed by atoms with Crippen LogP contribution in [0.5, 0.6) is 5.75 Å². The van der Waals surface area contributed by atoms with E-state index in [-0.39, 0.29) is 90.5 Å². The van der Waals surface area contributed by atoms with Crippen molar-refractivity contribution in [3.8, 4) is 17.2 Å². The number of carboxylic acids is 1. The molecular weight excluding hydrogens is 1040 g/mol. The van der Waals surface area contributed by atoms with Crippen molar-refractivity contribution in [2.24, 2.45) is 34.5 Å². The van der Waals surface area contributed by atoms with Crippen molar-refractivity contribution in [1.29, 1.82) is 0 Å². The van der Waals surface area contributed by atoms with Gasteiger partial charge in [0.25, 0.3) is 5.69 Å². The number of aromatic nitrogens is 1. The molecule has 4 saturated carbocycles. The number of phenolic OH excluding ortho intramolecular Hbond substituents is 1. The highest BCUT2D eigenvalue weighted by atomic mass is 35.5. The van der Waals surface area contributed by atoms with Crippen molar-refractivity contribution in [2.75, 3.05) is 25.6 Å². The van der Waals surface area contributed by atoms with Gasteiger partial charge < -0.3 is 95.7 Å². The highest BCUT2D eigenvalue weighted by molar-refractivity contribution is 5.95. The van der Waals surface area contributed by atoms with Crippen LogP contribution < -0.4 is 27.7 Å². The zero-order chi connectivity index (χ0) is 55.2. The number of aromatic hydroxyl groups is 1. The maximum absolute atomic E-state index is 12.6. The molecule has 0 radical (unpaired) electrons. The number of benzene rings is 2. The van der Waals surface area contributed by atoms with Crippen LogP contribution in [0.3, 0.4) is 0 Å². The second kappa shape index (κ2) is 22.4. The van der Waals surface area contributed by atoms with E-state index >= 15 is 0 Å². The molecule has 5 aliphatic carbocycles. The van der Waals surface area contributed by atoms with Gasteiger partial charge in [0, 0.05) is 68.7 Å². The third-order valence-corrected chi connectivity index (χ3v) is 19.4. The number of esters is 1. The number of rotatable bonds is 9. The Morgan fingerprint density at radius 1 is 0.769 bits per heavy atom. The summed E-state index contributed by atoms with van der Waals surface area (Å²) >= 11 is 0. The van der Waals surface area contributed by atoms with Crippen LogP contribution in [0.15, 0.2) is 45.1 Å². The van der Waals surface area contributed by atoms with Gasteiger partial charge in [0.1, 0.15) is 30.5 Å². The molecule has 0 amide bonds. The summed E-state index contributed by atoms with van der Waals surface area (Å²) < 4.78 is 47.6. The number of aliphatic hydroxyl groups is 6. The molecule has 22 heteroatoms. The SMILES string of the molecule is CN(C)c1ccc2[nH+]c3c(C(=O)O)cc(=O)c(O)c-3oc2c1.C[C@H]1O[C@@H](O[C@H]2[C@@H](O)C[C@H](O[C@H]3[C@@H](O)C[C@H](O[C@H]4CC[C@@]5(C)[C@H](CC[C@@H]6[C@@H]5C[C@@H](O)[C@]5(C)[C@@H](C7=CC(=O)OC7)CC[C@]65O)C4)O[C@@H]3C)O[C@@H]2C)C[C@H](O)[C@@H]1O.[Cl-]. The fourth-order valence-electron chi connectivity index (χ4n) is 15.0. The second-order valence-electron chi connectivity index (χ2n) is 23.9. The Morgan fingerprint density at radius 2 is 1.40 bits per heavy atom. The lowest BCUT2D eigenvalue weighted by molar-refractivity contribution is -0.336. The Balaban J connectivity index is 0.000000269. The highest BCUT2D eigenvalue weighted by Gasteiger charge is 2.71. The van der Waals surface area contributed by atoms with Gasteiger partial charge in [-0.25, -0.2) is 9.59 Å². The quantitative estimate of drug-likeness (QED) is 0.0817. The number of carbonyl (C=O) groups is 2. The van der Waals surface area contributed by atoms with Gasteiger partial charge in [0.2, 0.25) is 28.0 Å². The summed E-state index contributed by atoms with van der Waals surface area (Å²) in [6, 6.07) is 6.17. The van der Waals surface area contributed by atoms with Crippen LogP contribution in [-0.2, 0) is 38.0 Å². The first-order chi connectivity index (χ1) is 36.4. The molecular formula is C56H77ClN2O19. The number of nitrogens with one attached hydrogen (secondary N) is 1. The molecule has 1 aromatic carbocycles. The first kappa shape index (κ1) is 58.6. The van der Waals surface area contributed by atoms with Crippen molar-refractivity contribution < 1.29 is 105 Å². The third kappa shape index (κ3) is 10.5. The zero-order valence-corrected chi connectivity index (χ0v) is 45.9. The van der Waals surface area contributed by atoms with Gasteiger partial charge in [-0.05, 0) is 113 Å². The van der Waals surface area contributed by atoms with E-state index in [9.17, 15) is 55.2 Å². The number of anilines is 1. The number of phenols is 1. The van der Waals surface area contributed by atoms with E-state index in [1.807, 2.05) is 38.9 Å². The first-order valence-corrected chi connectivity index (χ1v) is 27.4. The average molecular weight is 1120 g/mol. The van der Waals surface area contributed by atoms with Crippen LogP contribution in [0.25, 0.3) is 22.6 Å². The van der Waals surface area contributed by atoms with Crippen molar-refractivity contribution in [3.05, 3.63) is 51.7 Å². The van der Waals surface area contributed by atoms with Gasteiger partial charge in [-0.3, -0.25) is 4.79 Å². The smallest absolute Gasteiger partial charge is 0.342 e. The molecule has 3 saturated heterocycles. The Labute approximate surface area is 458 Å². The summed E-state index contributed by atoms with van der Waals surface area (Å²) in [6.07, 6.45) is -1.51. The van der Waals surface area contributed by atoms with Crippen LogP contribution in [0.1, 0.15) is 116 Å². The van der Waals surface area contributed by atoms with E-state index in [0.29, 0.717) is 29.9 Å². The molecule has 7 fully saturated rings. The fourth-order valence-corrected chi connectivity index (χ4v) is 15.0. The molecule has 9 N–H and O–H groups in total. The number of aromatic amines is 1. The lowest BCUT2D eigenvalue weighted by atomic mass is 9.42. The molecule has 78 heavy (non-hydrogen) atoms. The molecule has 10 aliphatic rings. The largest absolute Gasteiger partial charge is 1.00 e. The van der Waals surface area contributed by atoms with Gasteiger partial charge in [0.15, 0.2) is 18.9 Å². The van der Waals surface area contributed by atoms with Gasteiger partial charge >= 0.3 is 11.9 Å². The normalized spacial score (nSPS) is 42.3. The molecule has 21 nitrogen and oxygen atoms in total. The first-order valence-electron chi connectivity index (χ1n) is 27.4. The van der Waals surface area contributed by atoms with Crippen LogP contribution >= 0.6 is 0 Å². The Kier molecular flexibility index (Phi) is 16.8. The van der Waals surface area contributed by atoms with Gasteiger partial charge in [-0.2, -0.15) is 4.98 Å². The fraction of sp³-hybridized carbons (Fsp3) is 0.714. The van der Waals surface area contributed by atoms with E-state index in [4.69, 9.17) is 37.6 Å². The summed E-state index contributed by atoms with van der Waals surface area (Å²) in [5, 5.41) is 85.9. The molecule has 0 aromatic heterocycles. The maximum atomic E-state index is 12.6. The number of aromatic carboxylic acids is 1. The van der Waals surface area contributed by atoms with E-state index in [2.05, 4.69) is 11.9 Å². The monoisotopic (exact) mass is 1120 g/mol. The lowest BCUT2D eigenvalue weighted by Gasteiger charge is -2.65. The highest BCUT2D eigenvalue weighted by Crippen LogP contribution is 2.70. The van der Waals surface area contributed by atoms with E-state index in [1.165, 1.54) is 0 Å². The second-order valence-corrected chi connectivity index (χ2v) is 23.9. The summed E-state index contributed by atoms with van der Waals surface area (Å²) in [5.74, 6) is -1.87. The van der Waals surface area contributed by atoms with E-state index in [0.717, 1.165) is 55.9 Å². The summed E-state index contributed by atoms with van der Waals surface area (Å²) in [7, 11) is 3.73. The van der Waals surface area contributed by atoms with Gasteiger partial charge in [-0.1, -0.05) is 13.8 Å². The number of carbonyl (C=O) groups excluding carboxylic acids is 1. The number of hydrogen-bond acceptors (Lipinski definition) is 19. The van der Waals surface area contributed by atoms with Gasteiger partial charge in [0.05, 0.1) is 54.4 Å². The van der Waals surface area contributed by atoms with Crippen LogP contribution in [0.2, 0.25) is 0 Å². The molecule has 432 valence electrons. The van der Waals surface area contributed by atoms with Crippen molar-refractivity contribution in [2.45, 2.75) is 197 Å². The van der Waals surface area contributed by atoms with Gasteiger partial charge in [-0.15, -0.1) is 0 Å². The van der Waals surface area contributed by atoms with E-state index < -0.39 is 108 Å². The number of fused-ring (bicyclic) bond motifs is 7.